The van der Waals surface area contributed by atoms with Crippen molar-refractivity contribution in [1.29, 1.82) is 0 Å². The number of aryl methyl sites for hydroxylation is 1. The molecule has 27 heavy (non-hydrogen) atoms. The second-order valence-electron chi connectivity index (χ2n) is 6.11. The number of nitrogens with zero attached hydrogens (tertiary/aromatic N) is 5. The van der Waals surface area contributed by atoms with Gasteiger partial charge in [0.05, 0.1) is 18.1 Å². The second-order valence-corrected chi connectivity index (χ2v) is 6.11. The molecular formula is C19H19N7O. The predicted octanol–water partition coefficient (Wildman–Crippen LogP) is 2.94. The van der Waals surface area contributed by atoms with Gasteiger partial charge in [-0.25, -0.2) is 9.78 Å². The molecule has 2 N–H and O–H groups in total. The Labute approximate surface area is 155 Å². The first-order valence-electron chi connectivity index (χ1n) is 8.61. The minimum Gasteiger partial charge on any atom is -0.338 e. The number of rotatable bonds is 4. The van der Waals surface area contributed by atoms with E-state index in [0.717, 1.165) is 28.0 Å². The Morgan fingerprint density at radius 2 is 2.04 bits per heavy atom. The molecule has 0 saturated carbocycles. The van der Waals surface area contributed by atoms with Crippen LogP contribution in [0.4, 0.5) is 10.6 Å². The van der Waals surface area contributed by atoms with E-state index in [1.807, 2.05) is 49.0 Å². The molecule has 4 heterocycles. The van der Waals surface area contributed by atoms with Crippen molar-refractivity contribution in [2.24, 2.45) is 7.05 Å². The van der Waals surface area contributed by atoms with Gasteiger partial charge in [0.15, 0.2) is 5.82 Å². The Bertz CT molecular complexity index is 1100. The summed E-state index contributed by atoms with van der Waals surface area (Å²) in [5.74, 6) is 0.481. The molecule has 0 radical (unpaired) electrons. The van der Waals surface area contributed by atoms with Crippen LogP contribution >= 0.6 is 0 Å². The number of pyridine rings is 2. The Hall–Kier alpha value is -3.68. The number of fused-ring (bicyclic) bond motifs is 1. The average molecular weight is 361 g/mol. The highest BCUT2D eigenvalue weighted by atomic mass is 16.2. The monoisotopic (exact) mass is 361 g/mol. The number of aromatic nitrogens is 5. The molecule has 0 aliphatic carbocycles. The lowest BCUT2D eigenvalue weighted by Gasteiger charge is -2.07. The van der Waals surface area contributed by atoms with E-state index in [1.165, 1.54) is 0 Å². The van der Waals surface area contributed by atoms with Crippen LogP contribution in [0, 0.1) is 0 Å². The van der Waals surface area contributed by atoms with Crippen LogP contribution in [0.3, 0.4) is 0 Å². The fraction of sp³-hybridized carbons (Fsp3) is 0.158. The van der Waals surface area contributed by atoms with E-state index in [9.17, 15) is 4.79 Å². The summed E-state index contributed by atoms with van der Waals surface area (Å²) in [5.41, 5.74) is 4.59. The zero-order chi connectivity index (χ0) is 18.8. The number of hydrogen-bond donors (Lipinski definition) is 2. The molecule has 136 valence electrons. The van der Waals surface area contributed by atoms with Gasteiger partial charge in [-0.3, -0.25) is 19.4 Å². The van der Waals surface area contributed by atoms with Gasteiger partial charge in [0.2, 0.25) is 0 Å². The lowest BCUT2D eigenvalue weighted by atomic mass is 10.1. The van der Waals surface area contributed by atoms with Crippen LogP contribution in [-0.2, 0) is 7.05 Å². The van der Waals surface area contributed by atoms with Gasteiger partial charge in [-0.1, -0.05) is 6.07 Å². The molecule has 0 saturated heterocycles. The van der Waals surface area contributed by atoms with Gasteiger partial charge < -0.3 is 5.32 Å². The minimum atomic E-state index is -0.281. The van der Waals surface area contributed by atoms with Crippen LogP contribution in [-0.4, -0.2) is 36.7 Å². The minimum absolute atomic E-state index is 0.281. The van der Waals surface area contributed by atoms with Gasteiger partial charge in [0.25, 0.3) is 0 Å². The second kappa shape index (κ2) is 6.91. The summed E-state index contributed by atoms with van der Waals surface area (Å²) in [6, 6.07) is 7.66. The summed E-state index contributed by atoms with van der Waals surface area (Å²) >= 11 is 0. The van der Waals surface area contributed by atoms with Crippen molar-refractivity contribution >= 4 is 17.5 Å². The molecule has 0 aliphatic heterocycles. The Kier molecular flexibility index (Phi) is 4.29. The number of carbonyl (C=O) groups excluding carboxylic acids is 1. The standard InChI is InChI=1S/C19H19N7O/c1-3-21-19(27)24-17-12-26-16(15-10-22-25(2)11-15)7-14(8-18(26)23-17)13-5-4-6-20-9-13/h4-12H,3H2,1-2H3,(H2,21,24,27). The average Bonchev–Trinajstić information content (AvgIpc) is 3.27. The summed E-state index contributed by atoms with van der Waals surface area (Å²) in [6.45, 7) is 2.41. The molecule has 4 aromatic rings. The molecule has 0 aromatic carbocycles. The topological polar surface area (TPSA) is 89.1 Å². The van der Waals surface area contributed by atoms with Gasteiger partial charge in [-0.2, -0.15) is 5.10 Å². The molecule has 0 spiro atoms. The molecule has 8 heteroatoms. The Balaban J connectivity index is 1.86. The molecular weight excluding hydrogens is 342 g/mol. The first-order valence-corrected chi connectivity index (χ1v) is 8.61. The van der Waals surface area contributed by atoms with Gasteiger partial charge >= 0.3 is 6.03 Å². The molecule has 4 rings (SSSR count). The summed E-state index contributed by atoms with van der Waals surface area (Å²) in [5, 5.41) is 9.74. The van der Waals surface area contributed by atoms with E-state index in [-0.39, 0.29) is 6.03 Å². The van der Waals surface area contributed by atoms with E-state index in [0.29, 0.717) is 12.4 Å². The molecule has 0 unspecified atom stereocenters. The van der Waals surface area contributed by atoms with Gasteiger partial charge in [0, 0.05) is 43.3 Å². The van der Waals surface area contributed by atoms with Crippen molar-refractivity contribution in [3.8, 4) is 22.4 Å². The number of imidazole rings is 1. The molecule has 0 bridgehead atoms. The number of carbonyl (C=O) groups is 1. The van der Waals surface area contributed by atoms with Crippen molar-refractivity contribution in [1.82, 2.24) is 29.5 Å². The van der Waals surface area contributed by atoms with E-state index < -0.39 is 0 Å². The zero-order valence-electron chi connectivity index (χ0n) is 15.0. The lowest BCUT2D eigenvalue weighted by molar-refractivity contribution is 0.252. The highest BCUT2D eigenvalue weighted by Gasteiger charge is 2.13. The quantitative estimate of drug-likeness (QED) is 0.585. The first-order chi connectivity index (χ1) is 13.1. The van der Waals surface area contributed by atoms with Crippen molar-refractivity contribution in [2.75, 3.05) is 11.9 Å². The summed E-state index contributed by atoms with van der Waals surface area (Å²) in [7, 11) is 1.88. The molecule has 2 amide bonds. The maximum atomic E-state index is 11.8. The number of anilines is 1. The third-order valence-electron chi connectivity index (χ3n) is 4.14. The number of urea groups is 1. The molecule has 4 aromatic heterocycles. The van der Waals surface area contributed by atoms with Crippen molar-refractivity contribution in [2.45, 2.75) is 6.92 Å². The highest BCUT2D eigenvalue weighted by Crippen LogP contribution is 2.29. The fourth-order valence-electron chi connectivity index (χ4n) is 2.94. The normalized spacial score (nSPS) is 10.9. The van der Waals surface area contributed by atoms with Crippen LogP contribution in [0.1, 0.15) is 6.92 Å². The Morgan fingerprint density at radius 3 is 2.74 bits per heavy atom. The van der Waals surface area contributed by atoms with Gasteiger partial charge in [-0.15, -0.1) is 0 Å². The first kappa shape index (κ1) is 16.8. The molecule has 0 aliphatic rings. The molecule has 8 nitrogen and oxygen atoms in total. The van der Waals surface area contributed by atoms with Crippen LogP contribution in [0.5, 0.6) is 0 Å². The van der Waals surface area contributed by atoms with Gasteiger partial charge in [0.1, 0.15) is 5.65 Å². The highest BCUT2D eigenvalue weighted by molar-refractivity contribution is 5.89. The fourth-order valence-corrected chi connectivity index (χ4v) is 2.94. The van der Waals surface area contributed by atoms with E-state index in [1.54, 1.807) is 23.3 Å². The summed E-state index contributed by atoms with van der Waals surface area (Å²) < 4.78 is 3.70. The SMILES string of the molecule is CCNC(=O)Nc1cn2c(-c3cnn(C)c3)cc(-c3cccnc3)cc2n1. The summed E-state index contributed by atoms with van der Waals surface area (Å²) in [6.07, 6.45) is 9.11. The smallest absolute Gasteiger partial charge is 0.320 e. The van der Waals surface area contributed by atoms with E-state index in [2.05, 4.69) is 31.8 Å². The van der Waals surface area contributed by atoms with Crippen molar-refractivity contribution in [3.05, 3.63) is 55.2 Å². The maximum absolute atomic E-state index is 11.8. The predicted molar refractivity (Wildman–Crippen MR) is 103 cm³/mol. The maximum Gasteiger partial charge on any atom is 0.320 e. The van der Waals surface area contributed by atoms with Crippen molar-refractivity contribution < 1.29 is 4.79 Å². The third-order valence-corrected chi connectivity index (χ3v) is 4.14. The summed E-state index contributed by atoms with van der Waals surface area (Å²) in [4.78, 5) is 20.6. The van der Waals surface area contributed by atoms with Crippen LogP contribution in [0.2, 0.25) is 0 Å². The third kappa shape index (κ3) is 3.37. The van der Waals surface area contributed by atoms with Gasteiger partial charge in [-0.05, 0) is 30.7 Å². The van der Waals surface area contributed by atoms with E-state index >= 15 is 0 Å². The lowest BCUT2D eigenvalue weighted by Crippen LogP contribution is -2.28. The Morgan fingerprint density at radius 1 is 1.15 bits per heavy atom. The van der Waals surface area contributed by atoms with Crippen LogP contribution in [0.25, 0.3) is 28.0 Å². The van der Waals surface area contributed by atoms with Crippen molar-refractivity contribution in [3.63, 3.8) is 0 Å². The van der Waals surface area contributed by atoms with Crippen LogP contribution in [0.15, 0.2) is 55.2 Å². The molecule has 0 fully saturated rings. The van der Waals surface area contributed by atoms with Crippen LogP contribution < -0.4 is 10.6 Å². The van der Waals surface area contributed by atoms with E-state index in [4.69, 9.17) is 0 Å². The molecule has 0 atom stereocenters. The zero-order valence-corrected chi connectivity index (χ0v) is 15.0. The largest absolute Gasteiger partial charge is 0.338 e. The number of nitrogens with one attached hydrogen (secondary N) is 2. The number of amides is 2. The number of hydrogen-bond acceptors (Lipinski definition) is 4.